The Labute approximate surface area is 145 Å². The van der Waals surface area contributed by atoms with Gasteiger partial charge in [-0.1, -0.05) is 58.0 Å². The van der Waals surface area contributed by atoms with Crippen LogP contribution in [-0.2, 0) is 0 Å². The summed E-state index contributed by atoms with van der Waals surface area (Å²) in [6.07, 6.45) is 4.28. The minimum Gasteiger partial charge on any atom is -0.368 e. The summed E-state index contributed by atoms with van der Waals surface area (Å²) in [7, 11) is 0. The highest BCUT2D eigenvalue weighted by Gasteiger charge is 2.55. The van der Waals surface area contributed by atoms with E-state index in [4.69, 9.17) is 0 Å². The van der Waals surface area contributed by atoms with Gasteiger partial charge in [0.15, 0.2) is 0 Å². The van der Waals surface area contributed by atoms with Crippen LogP contribution in [0.2, 0.25) is 0 Å². The van der Waals surface area contributed by atoms with Crippen LogP contribution in [0, 0.1) is 5.41 Å². The summed E-state index contributed by atoms with van der Waals surface area (Å²) < 4.78 is 0. The number of anilines is 1. The fraction of sp³-hybridized carbons (Fsp3) is 0.476. The standard InChI is InChI=1S/C21H27N3/c1-5-24-19(21(2,3)4)17(14-9-7-6-8-10-14)18-15-11-12-22-13-16(15)23-20(18)24/h6-13,17-20,23H,5H2,1-4H3. The van der Waals surface area contributed by atoms with Crippen LogP contribution in [0.4, 0.5) is 5.69 Å². The number of hydrogen-bond acceptors (Lipinski definition) is 3. The maximum atomic E-state index is 4.32. The monoisotopic (exact) mass is 321 g/mol. The lowest BCUT2D eigenvalue weighted by atomic mass is 9.72. The molecule has 3 nitrogen and oxygen atoms in total. The average molecular weight is 321 g/mol. The number of aromatic nitrogens is 1. The summed E-state index contributed by atoms with van der Waals surface area (Å²) >= 11 is 0. The van der Waals surface area contributed by atoms with Gasteiger partial charge in [0, 0.05) is 24.1 Å². The molecule has 2 aromatic rings. The summed E-state index contributed by atoms with van der Waals surface area (Å²) in [4.78, 5) is 6.99. The fourth-order valence-electron chi connectivity index (χ4n) is 4.98. The Morgan fingerprint density at radius 2 is 1.83 bits per heavy atom. The molecule has 1 aromatic carbocycles. The number of fused-ring (bicyclic) bond motifs is 3. The van der Waals surface area contributed by atoms with Crippen molar-refractivity contribution in [1.29, 1.82) is 0 Å². The van der Waals surface area contributed by atoms with E-state index in [0.717, 1.165) is 6.54 Å². The van der Waals surface area contributed by atoms with Crippen molar-refractivity contribution in [3.63, 3.8) is 0 Å². The molecule has 0 bridgehead atoms. The third-order valence-corrected chi connectivity index (χ3v) is 5.74. The molecule has 4 atom stereocenters. The normalized spacial score (nSPS) is 29.2. The predicted molar refractivity (Wildman–Crippen MR) is 99.2 cm³/mol. The molecule has 2 aliphatic rings. The molecule has 0 aliphatic carbocycles. The first-order valence-corrected chi connectivity index (χ1v) is 9.03. The van der Waals surface area contributed by atoms with Gasteiger partial charge in [-0.3, -0.25) is 9.88 Å². The van der Waals surface area contributed by atoms with Crippen LogP contribution in [0.25, 0.3) is 0 Å². The highest BCUT2D eigenvalue weighted by atomic mass is 15.3. The van der Waals surface area contributed by atoms with E-state index in [-0.39, 0.29) is 5.41 Å². The Hall–Kier alpha value is -1.87. The molecule has 0 spiro atoms. The van der Waals surface area contributed by atoms with Crippen molar-refractivity contribution >= 4 is 5.69 Å². The number of nitrogens with one attached hydrogen (secondary N) is 1. The quantitative estimate of drug-likeness (QED) is 0.885. The second-order valence-electron chi connectivity index (χ2n) is 8.16. The molecule has 4 unspecified atom stereocenters. The van der Waals surface area contributed by atoms with E-state index < -0.39 is 0 Å². The van der Waals surface area contributed by atoms with E-state index in [1.165, 1.54) is 16.8 Å². The molecule has 1 aromatic heterocycles. The summed E-state index contributed by atoms with van der Waals surface area (Å²) in [5, 5.41) is 3.76. The molecule has 3 heteroatoms. The van der Waals surface area contributed by atoms with Crippen molar-refractivity contribution in [2.24, 2.45) is 5.41 Å². The molecular weight excluding hydrogens is 294 g/mol. The number of pyridine rings is 1. The van der Waals surface area contributed by atoms with E-state index in [0.29, 0.717) is 24.0 Å². The van der Waals surface area contributed by atoms with Gasteiger partial charge in [-0.15, -0.1) is 0 Å². The lowest BCUT2D eigenvalue weighted by Gasteiger charge is -2.40. The van der Waals surface area contributed by atoms with Gasteiger partial charge in [0.1, 0.15) is 0 Å². The summed E-state index contributed by atoms with van der Waals surface area (Å²) in [5.41, 5.74) is 4.30. The number of nitrogens with zero attached hydrogens (tertiary/aromatic N) is 2. The van der Waals surface area contributed by atoms with E-state index in [1.54, 1.807) is 0 Å². The average Bonchev–Trinajstić information content (AvgIpc) is 3.09. The molecule has 24 heavy (non-hydrogen) atoms. The van der Waals surface area contributed by atoms with Crippen LogP contribution in [-0.4, -0.2) is 28.6 Å². The van der Waals surface area contributed by atoms with Gasteiger partial charge in [-0.2, -0.15) is 0 Å². The number of benzene rings is 1. The Balaban J connectivity index is 1.88. The Bertz CT molecular complexity index is 719. The van der Waals surface area contributed by atoms with Gasteiger partial charge >= 0.3 is 0 Å². The van der Waals surface area contributed by atoms with Crippen LogP contribution >= 0.6 is 0 Å². The third kappa shape index (κ3) is 2.26. The van der Waals surface area contributed by atoms with Crippen molar-refractivity contribution in [3.8, 4) is 0 Å². The summed E-state index contributed by atoms with van der Waals surface area (Å²) in [6, 6.07) is 13.8. The smallest absolute Gasteiger partial charge is 0.0873 e. The molecule has 2 aliphatic heterocycles. The molecular formula is C21H27N3. The zero-order chi connectivity index (χ0) is 16.9. The largest absolute Gasteiger partial charge is 0.368 e. The van der Waals surface area contributed by atoms with E-state index in [2.05, 4.69) is 79.3 Å². The van der Waals surface area contributed by atoms with Crippen LogP contribution in [0.15, 0.2) is 48.8 Å². The SMILES string of the molecule is CCN1C2Nc3cnccc3C2C(c2ccccc2)C1C(C)(C)C. The Morgan fingerprint density at radius 1 is 1.08 bits per heavy atom. The van der Waals surface area contributed by atoms with Crippen molar-refractivity contribution in [1.82, 2.24) is 9.88 Å². The van der Waals surface area contributed by atoms with E-state index in [1.807, 2.05) is 12.4 Å². The molecule has 0 saturated carbocycles. The zero-order valence-corrected chi connectivity index (χ0v) is 15.0. The number of likely N-dealkylation sites (tertiary alicyclic amines) is 1. The van der Waals surface area contributed by atoms with Gasteiger partial charge in [0.05, 0.1) is 18.1 Å². The van der Waals surface area contributed by atoms with Crippen LogP contribution in [0.1, 0.15) is 50.7 Å². The van der Waals surface area contributed by atoms with Crippen molar-refractivity contribution in [3.05, 3.63) is 59.9 Å². The van der Waals surface area contributed by atoms with Crippen molar-refractivity contribution in [2.75, 3.05) is 11.9 Å². The zero-order valence-electron chi connectivity index (χ0n) is 15.0. The first kappa shape index (κ1) is 15.6. The second kappa shape index (κ2) is 5.59. The van der Waals surface area contributed by atoms with Crippen LogP contribution in [0.5, 0.6) is 0 Å². The first-order chi connectivity index (χ1) is 11.5. The molecule has 1 saturated heterocycles. The lowest BCUT2D eigenvalue weighted by molar-refractivity contribution is 0.114. The molecule has 126 valence electrons. The van der Waals surface area contributed by atoms with Crippen LogP contribution in [0.3, 0.4) is 0 Å². The fourth-order valence-corrected chi connectivity index (χ4v) is 4.98. The van der Waals surface area contributed by atoms with Gasteiger partial charge in [-0.05, 0) is 29.2 Å². The first-order valence-electron chi connectivity index (χ1n) is 9.03. The Morgan fingerprint density at radius 3 is 2.50 bits per heavy atom. The summed E-state index contributed by atoms with van der Waals surface area (Å²) in [6.45, 7) is 10.5. The van der Waals surface area contributed by atoms with Crippen LogP contribution < -0.4 is 5.32 Å². The van der Waals surface area contributed by atoms with Gasteiger partial charge in [-0.25, -0.2) is 0 Å². The van der Waals surface area contributed by atoms with Crippen molar-refractivity contribution < 1.29 is 0 Å². The number of rotatable bonds is 2. The topological polar surface area (TPSA) is 28.2 Å². The molecule has 1 fully saturated rings. The molecule has 1 N–H and O–H groups in total. The third-order valence-electron chi connectivity index (χ3n) is 5.74. The minimum atomic E-state index is 0.218. The maximum absolute atomic E-state index is 4.32. The second-order valence-corrected chi connectivity index (χ2v) is 8.16. The molecule has 0 amide bonds. The molecule has 4 rings (SSSR count). The summed E-state index contributed by atoms with van der Waals surface area (Å²) in [5.74, 6) is 0.974. The highest BCUT2D eigenvalue weighted by molar-refractivity contribution is 5.60. The predicted octanol–water partition coefficient (Wildman–Crippen LogP) is 4.45. The highest BCUT2D eigenvalue weighted by Crippen LogP contribution is 2.56. The maximum Gasteiger partial charge on any atom is 0.0873 e. The molecule has 3 heterocycles. The number of hydrogen-bond donors (Lipinski definition) is 1. The lowest BCUT2D eigenvalue weighted by Crippen LogP contribution is -2.46. The van der Waals surface area contributed by atoms with Gasteiger partial charge < -0.3 is 5.32 Å². The Kier molecular flexibility index (Phi) is 3.65. The van der Waals surface area contributed by atoms with E-state index in [9.17, 15) is 0 Å². The van der Waals surface area contributed by atoms with Gasteiger partial charge in [0.25, 0.3) is 0 Å². The van der Waals surface area contributed by atoms with Gasteiger partial charge in [0.2, 0.25) is 0 Å². The molecule has 0 radical (unpaired) electrons. The number of likely N-dealkylation sites (N-methyl/N-ethyl adjacent to an activating group) is 1. The minimum absolute atomic E-state index is 0.218. The van der Waals surface area contributed by atoms with Crippen molar-refractivity contribution in [2.45, 2.75) is 51.7 Å². The van der Waals surface area contributed by atoms with E-state index >= 15 is 0 Å².